The predicted octanol–water partition coefficient (Wildman–Crippen LogP) is 4.13. The van der Waals surface area contributed by atoms with E-state index >= 15 is 0 Å². The average molecular weight is 394 g/mol. The van der Waals surface area contributed by atoms with E-state index in [9.17, 15) is 9.59 Å². The third-order valence-corrected chi connectivity index (χ3v) is 5.27. The summed E-state index contributed by atoms with van der Waals surface area (Å²) in [4.78, 5) is 25.3. The molecule has 1 aliphatic rings. The summed E-state index contributed by atoms with van der Waals surface area (Å²) in [6.07, 6.45) is 0. The first-order chi connectivity index (χ1) is 13.7. The SMILES string of the molecule is O=C(CSc1ccc2ccccc2c1)OCC(=O)c1ccc2c(c1)OCCO2. The quantitative estimate of drug-likeness (QED) is 0.356. The molecule has 0 bridgehead atoms. The second-order valence-corrected chi connectivity index (χ2v) is 7.29. The van der Waals surface area contributed by atoms with Gasteiger partial charge in [0, 0.05) is 10.5 Å². The van der Waals surface area contributed by atoms with E-state index in [0.717, 1.165) is 15.7 Å². The van der Waals surface area contributed by atoms with Crippen molar-refractivity contribution >= 4 is 34.3 Å². The van der Waals surface area contributed by atoms with Gasteiger partial charge >= 0.3 is 5.97 Å². The van der Waals surface area contributed by atoms with Crippen molar-refractivity contribution in [2.24, 2.45) is 0 Å². The van der Waals surface area contributed by atoms with Gasteiger partial charge in [-0.15, -0.1) is 11.8 Å². The Bertz CT molecular complexity index is 1030. The van der Waals surface area contributed by atoms with Crippen LogP contribution in [0.15, 0.2) is 65.6 Å². The van der Waals surface area contributed by atoms with Crippen LogP contribution in [0, 0.1) is 0 Å². The summed E-state index contributed by atoms with van der Waals surface area (Å²) < 4.78 is 16.0. The normalized spacial score (nSPS) is 12.6. The number of benzene rings is 3. The van der Waals surface area contributed by atoms with Crippen LogP contribution in [-0.4, -0.2) is 37.3 Å². The molecule has 0 aromatic heterocycles. The van der Waals surface area contributed by atoms with Crippen LogP contribution in [0.3, 0.4) is 0 Å². The Morgan fingerprint density at radius 2 is 1.68 bits per heavy atom. The van der Waals surface area contributed by atoms with Gasteiger partial charge in [-0.05, 0) is 41.1 Å². The van der Waals surface area contributed by atoms with Crippen molar-refractivity contribution in [3.63, 3.8) is 0 Å². The molecule has 0 N–H and O–H groups in total. The fraction of sp³-hybridized carbons (Fsp3) is 0.182. The number of hydrogen-bond donors (Lipinski definition) is 0. The van der Waals surface area contributed by atoms with E-state index in [2.05, 4.69) is 0 Å². The van der Waals surface area contributed by atoms with E-state index in [1.165, 1.54) is 11.8 Å². The lowest BCUT2D eigenvalue weighted by Gasteiger charge is -2.18. The van der Waals surface area contributed by atoms with Crippen molar-refractivity contribution in [1.29, 1.82) is 0 Å². The number of thioether (sulfide) groups is 1. The van der Waals surface area contributed by atoms with Gasteiger partial charge in [-0.2, -0.15) is 0 Å². The second kappa shape index (κ2) is 8.35. The van der Waals surface area contributed by atoms with E-state index in [1.807, 2.05) is 42.5 Å². The number of ketones is 1. The predicted molar refractivity (Wildman–Crippen MR) is 107 cm³/mol. The molecule has 3 aromatic rings. The zero-order valence-corrected chi connectivity index (χ0v) is 15.9. The fourth-order valence-electron chi connectivity index (χ4n) is 2.89. The molecule has 0 saturated heterocycles. The topological polar surface area (TPSA) is 61.8 Å². The lowest BCUT2D eigenvalue weighted by Crippen LogP contribution is -2.18. The number of esters is 1. The number of rotatable bonds is 6. The van der Waals surface area contributed by atoms with E-state index in [4.69, 9.17) is 14.2 Å². The van der Waals surface area contributed by atoms with Gasteiger partial charge < -0.3 is 14.2 Å². The summed E-state index contributed by atoms with van der Waals surface area (Å²) in [5, 5.41) is 2.27. The van der Waals surface area contributed by atoms with Gasteiger partial charge in [0.15, 0.2) is 23.9 Å². The molecule has 6 heteroatoms. The van der Waals surface area contributed by atoms with Gasteiger partial charge in [-0.3, -0.25) is 9.59 Å². The highest BCUT2D eigenvalue weighted by Crippen LogP contribution is 2.31. The molecule has 0 spiro atoms. The largest absolute Gasteiger partial charge is 0.486 e. The van der Waals surface area contributed by atoms with Gasteiger partial charge in [-0.25, -0.2) is 0 Å². The minimum absolute atomic E-state index is 0.146. The van der Waals surface area contributed by atoms with Gasteiger partial charge in [0.2, 0.25) is 0 Å². The van der Waals surface area contributed by atoms with E-state index < -0.39 is 5.97 Å². The molecule has 142 valence electrons. The summed E-state index contributed by atoms with van der Waals surface area (Å²) in [6.45, 7) is 0.648. The molecule has 0 aliphatic carbocycles. The smallest absolute Gasteiger partial charge is 0.316 e. The standard InChI is InChI=1S/C22H18O5S/c23-19(17-6-8-20-21(12-17)26-10-9-25-20)13-27-22(24)14-28-18-7-5-15-3-1-2-4-16(15)11-18/h1-8,11-12H,9-10,13-14H2. The average Bonchev–Trinajstić information content (AvgIpc) is 2.75. The first-order valence-electron chi connectivity index (χ1n) is 8.89. The van der Waals surface area contributed by atoms with Crippen LogP contribution in [0.1, 0.15) is 10.4 Å². The van der Waals surface area contributed by atoms with Crippen LogP contribution >= 0.6 is 11.8 Å². The molecule has 0 unspecified atom stereocenters. The zero-order chi connectivity index (χ0) is 19.3. The van der Waals surface area contributed by atoms with Crippen molar-refractivity contribution < 1.29 is 23.8 Å². The molecule has 5 nitrogen and oxygen atoms in total. The Balaban J connectivity index is 1.29. The maximum Gasteiger partial charge on any atom is 0.316 e. The van der Waals surface area contributed by atoms with E-state index in [1.54, 1.807) is 18.2 Å². The molecule has 0 atom stereocenters. The molecule has 0 saturated carbocycles. The van der Waals surface area contributed by atoms with E-state index in [-0.39, 0.29) is 18.1 Å². The van der Waals surface area contributed by atoms with Gasteiger partial charge in [-0.1, -0.05) is 30.3 Å². The Kier molecular flexibility index (Phi) is 5.48. The fourth-order valence-corrected chi connectivity index (χ4v) is 3.63. The molecule has 0 radical (unpaired) electrons. The maximum atomic E-state index is 12.3. The Labute approximate surface area is 166 Å². The van der Waals surface area contributed by atoms with Crippen LogP contribution < -0.4 is 9.47 Å². The summed E-state index contributed by atoms with van der Waals surface area (Å²) in [6, 6.07) is 19.0. The van der Waals surface area contributed by atoms with Gasteiger partial charge in [0.05, 0.1) is 5.75 Å². The monoisotopic (exact) mass is 394 g/mol. The molecular formula is C22H18O5S. The number of hydrogen-bond acceptors (Lipinski definition) is 6. The number of carbonyl (C=O) groups is 2. The van der Waals surface area contributed by atoms with Crippen LogP contribution in [0.2, 0.25) is 0 Å². The maximum absolute atomic E-state index is 12.3. The Morgan fingerprint density at radius 3 is 2.54 bits per heavy atom. The minimum atomic E-state index is -0.427. The third-order valence-electron chi connectivity index (χ3n) is 4.31. The highest BCUT2D eigenvalue weighted by Gasteiger charge is 2.16. The number of carbonyl (C=O) groups excluding carboxylic acids is 2. The first kappa shape index (κ1) is 18.4. The van der Waals surface area contributed by atoms with Gasteiger partial charge in [0.25, 0.3) is 0 Å². The summed E-state index contributed by atoms with van der Waals surface area (Å²) in [5.74, 6) is 0.596. The zero-order valence-electron chi connectivity index (χ0n) is 15.1. The van der Waals surface area contributed by atoms with Crippen LogP contribution in [0.25, 0.3) is 10.8 Å². The second-order valence-electron chi connectivity index (χ2n) is 6.24. The highest BCUT2D eigenvalue weighted by molar-refractivity contribution is 8.00. The van der Waals surface area contributed by atoms with Crippen LogP contribution in [-0.2, 0) is 9.53 Å². The summed E-state index contributed by atoms with van der Waals surface area (Å²) in [7, 11) is 0. The molecule has 1 heterocycles. The third kappa shape index (κ3) is 4.28. The number of Topliss-reactive ketones (excluding diaryl/α,β-unsaturated/α-hetero) is 1. The summed E-state index contributed by atoms with van der Waals surface area (Å²) in [5.41, 5.74) is 0.430. The molecular weight excluding hydrogens is 376 g/mol. The Hall–Kier alpha value is -2.99. The molecule has 0 amide bonds. The first-order valence-corrected chi connectivity index (χ1v) is 9.88. The van der Waals surface area contributed by atoms with Crippen molar-refractivity contribution in [2.45, 2.75) is 4.90 Å². The van der Waals surface area contributed by atoms with Crippen molar-refractivity contribution in [3.8, 4) is 11.5 Å². The Morgan fingerprint density at radius 1 is 0.893 bits per heavy atom. The number of ether oxygens (including phenoxy) is 3. The summed E-state index contributed by atoms with van der Waals surface area (Å²) >= 11 is 1.39. The number of fused-ring (bicyclic) bond motifs is 2. The van der Waals surface area contributed by atoms with Crippen LogP contribution in [0.4, 0.5) is 0 Å². The molecule has 28 heavy (non-hydrogen) atoms. The van der Waals surface area contributed by atoms with Gasteiger partial charge in [0.1, 0.15) is 13.2 Å². The molecule has 3 aromatic carbocycles. The molecule has 1 aliphatic heterocycles. The van der Waals surface area contributed by atoms with Crippen molar-refractivity contribution in [3.05, 3.63) is 66.2 Å². The van der Waals surface area contributed by atoms with Crippen LogP contribution in [0.5, 0.6) is 11.5 Å². The lowest BCUT2D eigenvalue weighted by molar-refractivity contribution is -0.139. The highest BCUT2D eigenvalue weighted by atomic mass is 32.2. The minimum Gasteiger partial charge on any atom is -0.486 e. The van der Waals surface area contributed by atoms with E-state index in [0.29, 0.717) is 30.3 Å². The molecule has 0 fully saturated rings. The molecule has 4 rings (SSSR count). The van der Waals surface area contributed by atoms with Crippen molar-refractivity contribution in [2.75, 3.05) is 25.6 Å². The van der Waals surface area contributed by atoms with Crippen molar-refractivity contribution in [1.82, 2.24) is 0 Å². The lowest BCUT2D eigenvalue weighted by atomic mass is 10.1.